The monoisotopic (exact) mass is 527 g/mol. The normalized spacial score (nSPS) is 19.1. The summed E-state index contributed by atoms with van der Waals surface area (Å²) in [6, 6.07) is 14.5. The summed E-state index contributed by atoms with van der Waals surface area (Å²) >= 11 is 0. The van der Waals surface area contributed by atoms with Gasteiger partial charge in [-0.1, -0.05) is 30.3 Å². The molecule has 0 radical (unpaired) electrons. The van der Waals surface area contributed by atoms with Gasteiger partial charge < -0.3 is 39.5 Å². The van der Waals surface area contributed by atoms with Crippen molar-refractivity contribution in [2.45, 2.75) is 44.4 Å². The van der Waals surface area contributed by atoms with E-state index in [1.165, 1.54) is 18.4 Å². The lowest BCUT2D eigenvalue weighted by Gasteiger charge is -2.32. The maximum absolute atomic E-state index is 12.9. The van der Waals surface area contributed by atoms with Crippen LogP contribution in [0.5, 0.6) is 11.5 Å². The number of fused-ring (bicyclic) bond motifs is 1. The predicted octanol–water partition coefficient (Wildman–Crippen LogP) is -0.431. The van der Waals surface area contributed by atoms with Crippen LogP contribution in [-0.4, -0.2) is 72.4 Å². The molecule has 38 heavy (non-hydrogen) atoms. The number of ketones is 1. The molecule has 0 saturated carbocycles. The number of aliphatic hydroxyl groups excluding tert-OH is 2. The molecule has 0 aromatic heterocycles. The molecule has 0 bridgehead atoms. The Labute approximate surface area is 221 Å². The quantitative estimate of drug-likeness (QED) is 0.438. The van der Waals surface area contributed by atoms with Crippen molar-refractivity contribution in [1.29, 1.82) is 0 Å². The SMILES string of the molecule is COc1cc2c(cc1OC)C(=O)C(CC1CCN(Cc3ccccc3)CC1)C2.O=C([O-])C(O)C(O)C(=O)[O-]. The summed E-state index contributed by atoms with van der Waals surface area (Å²) in [5, 5.41) is 35.7. The molecule has 2 aliphatic rings. The third kappa shape index (κ3) is 7.31. The second-order valence-electron chi connectivity index (χ2n) is 9.60. The number of ether oxygens (including phenoxy) is 2. The van der Waals surface area contributed by atoms with Crippen LogP contribution in [-0.2, 0) is 22.6 Å². The Morgan fingerprint density at radius 3 is 2.05 bits per heavy atom. The van der Waals surface area contributed by atoms with E-state index < -0.39 is 24.1 Å². The Morgan fingerprint density at radius 2 is 1.53 bits per heavy atom. The fraction of sp³-hybridized carbons (Fsp3) is 0.464. The van der Waals surface area contributed by atoms with Crippen molar-refractivity contribution < 1.29 is 44.3 Å². The highest BCUT2D eigenvalue weighted by molar-refractivity contribution is 6.02. The van der Waals surface area contributed by atoms with Crippen LogP contribution in [0, 0.1) is 11.8 Å². The molecule has 10 heteroatoms. The smallest absolute Gasteiger partial charge is 0.166 e. The van der Waals surface area contributed by atoms with Crippen molar-refractivity contribution in [2.24, 2.45) is 11.8 Å². The van der Waals surface area contributed by atoms with Gasteiger partial charge in [0.25, 0.3) is 0 Å². The standard InChI is InChI=1S/C24H29NO3.C4H6O6/c1-27-22-14-19-13-20(24(26)21(19)15-23(22)28-2)12-17-8-10-25(11-9-17)16-18-6-4-3-5-7-18;5-1(3(7)8)2(6)4(9)10/h3-7,14-15,17,20H,8-13,16H2,1-2H3;1-2,5-6H,(H,7,8)(H,9,10)/p-2. The molecule has 2 N–H and O–H groups in total. The zero-order chi connectivity index (χ0) is 27.8. The summed E-state index contributed by atoms with van der Waals surface area (Å²) in [7, 11) is 3.26. The largest absolute Gasteiger partial charge is 0.547 e. The van der Waals surface area contributed by atoms with Gasteiger partial charge >= 0.3 is 0 Å². The number of piperidine rings is 1. The van der Waals surface area contributed by atoms with Gasteiger partial charge in [-0.05, 0) is 68.0 Å². The highest BCUT2D eigenvalue weighted by atomic mass is 16.5. The van der Waals surface area contributed by atoms with E-state index in [-0.39, 0.29) is 11.7 Å². The number of aliphatic hydroxyl groups is 2. The summed E-state index contributed by atoms with van der Waals surface area (Å²) in [6.45, 7) is 3.27. The maximum atomic E-state index is 12.9. The minimum Gasteiger partial charge on any atom is -0.547 e. The van der Waals surface area contributed by atoms with Gasteiger partial charge in [0.05, 0.1) is 26.2 Å². The molecule has 10 nitrogen and oxygen atoms in total. The van der Waals surface area contributed by atoms with Crippen LogP contribution in [0.1, 0.15) is 40.7 Å². The van der Waals surface area contributed by atoms with E-state index in [0.29, 0.717) is 17.4 Å². The van der Waals surface area contributed by atoms with Crippen LogP contribution in [0.2, 0.25) is 0 Å². The summed E-state index contributed by atoms with van der Waals surface area (Å²) in [5.74, 6) is -1.74. The number of methoxy groups -OCH3 is 2. The van der Waals surface area contributed by atoms with Crippen molar-refractivity contribution in [3.05, 3.63) is 59.2 Å². The molecule has 2 aromatic carbocycles. The molecule has 1 aliphatic carbocycles. The van der Waals surface area contributed by atoms with E-state index in [1.807, 2.05) is 12.1 Å². The van der Waals surface area contributed by atoms with E-state index >= 15 is 0 Å². The summed E-state index contributed by atoms with van der Waals surface area (Å²) in [4.78, 5) is 34.7. The fourth-order valence-corrected chi connectivity index (χ4v) is 4.97. The molecule has 3 unspecified atom stereocenters. The number of likely N-dealkylation sites (tertiary alicyclic amines) is 1. The molecule has 0 amide bonds. The van der Waals surface area contributed by atoms with Crippen molar-refractivity contribution in [1.82, 2.24) is 4.90 Å². The van der Waals surface area contributed by atoms with Gasteiger partial charge in [0.2, 0.25) is 0 Å². The van der Waals surface area contributed by atoms with Crippen molar-refractivity contribution in [2.75, 3.05) is 27.3 Å². The van der Waals surface area contributed by atoms with E-state index in [9.17, 15) is 24.6 Å². The Hall–Kier alpha value is -3.47. The lowest BCUT2D eigenvalue weighted by Crippen LogP contribution is -2.51. The van der Waals surface area contributed by atoms with Crippen molar-refractivity contribution in [3.8, 4) is 11.5 Å². The molecule has 206 valence electrons. The topological polar surface area (TPSA) is 159 Å². The zero-order valence-electron chi connectivity index (χ0n) is 21.5. The number of nitrogens with zero attached hydrogens (tertiary/aromatic N) is 1. The van der Waals surface area contributed by atoms with Gasteiger partial charge in [-0.3, -0.25) is 9.69 Å². The van der Waals surface area contributed by atoms with Gasteiger partial charge in [0.15, 0.2) is 17.3 Å². The second-order valence-corrected chi connectivity index (χ2v) is 9.60. The Balaban J connectivity index is 0.000000342. The Morgan fingerprint density at radius 1 is 0.974 bits per heavy atom. The summed E-state index contributed by atoms with van der Waals surface area (Å²) < 4.78 is 10.8. The lowest BCUT2D eigenvalue weighted by atomic mass is 9.85. The van der Waals surface area contributed by atoms with Crippen LogP contribution in [0.4, 0.5) is 0 Å². The third-order valence-corrected chi connectivity index (χ3v) is 7.07. The number of hydrogen-bond donors (Lipinski definition) is 2. The van der Waals surface area contributed by atoms with E-state index in [4.69, 9.17) is 19.7 Å². The zero-order valence-corrected chi connectivity index (χ0v) is 21.5. The van der Waals surface area contributed by atoms with E-state index in [0.717, 1.165) is 43.6 Å². The average Bonchev–Trinajstić information content (AvgIpc) is 3.22. The van der Waals surface area contributed by atoms with Crippen LogP contribution in [0.3, 0.4) is 0 Å². The number of carboxylic acid groups (broad SMARTS) is 2. The van der Waals surface area contributed by atoms with Gasteiger partial charge in [-0.15, -0.1) is 0 Å². The van der Waals surface area contributed by atoms with Crippen molar-refractivity contribution in [3.63, 3.8) is 0 Å². The number of rotatable bonds is 9. The molecular weight excluding hydrogens is 494 g/mol. The number of benzene rings is 2. The molecule has 2 aromatic rings. The van der Waals surface area contributed by atoms with Gasteiger partial charge in [0, 0.05) is 18.0 Å². The molecule has 1 aliphatic heterocycles. The van der Waals surface area contributed by atoms with Crippen LogP contribution >= 0.6 is 0 Å². The minimum atomic E-state index is -2.44. The van der Waals surface area contributed by atoms with Crippen molar-refractivity contribution >= 4 is 17.7 Å². The maximum Gasteiger partial charge on any atom is 0.166 e. The van der Waals surface area contributed by atoms with Crippen LogP contribution < -0.4 is 19.7 Å². The fourth-order valence-electron chi connectivity index (χ4n) is 4.97. The Kier molecular flexibility index (Phi) is 10.2. The average molecular weight is 528 g/mol. The minimum absolute atomic E-state index is 0.109. The Bertz CT molecular complexity index is 1090. The lowest BCUT2D eigenvalue weighted by molar-refractivity contribution is -0.333. The van der Waals surface area contributed by atoms with E-state index in [1.54, 1.807) is 14.2 Å². The van der Waals surface area contributed by atoms with Crippen LogP contribution in [0.25, 0.3) is 0 Å². The van der Waals surface area contributed by atoms with E-state index in [2.05, 4.69) is 35.2 Å². The molecule has 1 fully saturated rings. The van der Waals surface area contributed by atoms with Gasteiger partial charge in [-0.2, -0.15) is 0 Å². The molecule has 1 saturated heterocycles. The first-order chi connectivity index (χ1) is 18.1. The highest BCUT2D eigenvalue weighted by Crippen LogP contribution is 2.39. The molecule has 0 spiro atoms. The predicted molar refractivity (Wildman–Crippen MR) is 132 cm³/mol. The molecular formula is C28H33NO9-2. The third-order valence-electron chi connectivity index (χ3n) is 7.07. The summed E-state index contributed by atoms with van der Waals surface area (Å²) in [6.07, 6.45) is -0.690. The number of carbonyl (C=O) groups excluding carboxylic acids is 3. The first-order valence-corrected chi connectivity index (χ1v) is 12.5. The van der Waals surface area contributed by atoms with Gasteiger partial charge in [-0.25, -0.2) is 0 Å². The number of carboxylic acids is 2. The first-order valence-electron chi connectivity index (χ1n) is 12.5. The number of aliphatic carboxylic acids is 2. The number of carbonyl (C=O) groups is 3. The molecule has 4 rings (SSSR count). The first kappa shape index (κ1) is 29.1. The highest BCUT2D eigenvalue weighted by Gasteiger charge is 2.34. The number of hydrogen-bond acceptors (Lipinski definition) is 10. The van der Waals surface area contributed by atoms with Gasteiger partial charge in [0.1, 0.15) is 12.2 Å². The van der Waals surface area contributed by atoms with Crippen LogP contribution in [0.15, 0.2) is 42.5 Å². The second kappa shape index (κ2) is 13.4. The molecule has 1 heterocycles. The number of Topliss-reactive ketones (excluding diaryl/α,β-unsaturated/α-hetero) is 1. The molecule has 3 atom stereocenters. The summed E-state index contributed by atoms with van der Waals surface area (Å²) in [5.41, 5.74) is 3.31.